The van der Waals surface area contributed by atoms with E-state index in [0.717, 1.165) is 13.0 Å². The Morgan fingerprint density at radius 2 is 2.12 bits per heavy atom. The second-order valence-corrected chi connectivity index (χ2v) is 4.40. The maximum absolute atomic E-state index is 12.1. The van der Waals surface area contributed by atoms with E-state index < -0.39 is 5.97 Å². The third-order valence-corrected chi connectivity index (χ3v) is 2.97. The highest BCUT2D eigenvalue weighted by molar-refractivity contribution is 5.83. The van der Waals surface area contributed by atoms with E-state index in [1.54, 1.807) is 0 Å². The summed E-state index contributed by atoms with van der Waals surface area (Å²) in [5.41, 5.74) is 0. The van der Waals surface area contributed by atoms with Crippen LogP contribution in [0.2, 0.25) is 0 Å². The minimum absolute atomic E-state index is 0.0262. The monoisotopic (exact) mass is 228 g/mol. The van der Waals surface area contributed by atoms with Crippen molar-refractivity contribution in [2.24, 2.45) is 11.8 Å². The van der Waals surface area contributed by atoms with Crippen LogP contribution in [0.3, 0.4) is 0 Å². The Morgan fingerprint density at radius 3 is 2.56 bits per heavy atom. The Morgan fingerprint density at radius 1 is 1.44 bits per heavy atom. The predicted octanol–water partition coefficient (Wildman–Crippen LogP) is 0.165. The van der Waals surface area contributed by atoms with Crippen LogP contribution >= 0.6 is 0 Å². The van der Waals surface area contributed by atoms with Crippen LogP contribution in [-0.4, -0.2) is 48.1 Å². The molecule has 0 bridgehead atoms. The lowest BCUT2D eigenvalue weighted by Crippen LogP contribution is -2.42. The van der Waals surface area contributed by atoms with Gasteiger partial charge in [-0.3, -0.25) is 9.59 Å². The van der Waals surface area contributed by atoms with Gasteiger partial charge in [0, 0.05) is 13.1 Å². The van der Waals surface area contributed by atoms with Crippen molar-refractivity contribution in [3.05, 3.63) is 0 Å². The lowest BCUT2D eigenvalue weighted by molar-refractivity contribution is -0.146. The van der Waals surface area contributed by atoms with Gasteiger partial charge in [-0.05, 0) is 18.9 Å². The van der Waals surface area contributed by atoms with E-state index >= 15 is 0 Å². The zero-order valence-corrected chi connectivity index (χ0v) is 9.90. The summed E-state index contributed by atoms with van der Waals surface area (Å²) in [5, 5.41) is 11.9. The summed E-state index contributed by atoms with van der Waals surface area (Å²) in [7, 11) is 0. The summed E-state index contributed by atoms with van der Waals surface area (Å²) in [6.45, 7) is 5.80. The number of aliphatic carboxylic acids is 1. The zero-order chi connectivity index (χ0) is 12.1. The van der Waals surface area contributed by atoms with Crippen molar-refractivity contribution in [3.8, 4) is 0 Å². The lowest BCUT2D eigenvalue weighted by atomic mass is 9.96. The third kappa shape index (κ3) is 3.20. The number of carboxylic acid groups (broad SMARTS) is 1. The number of amides is 1. The minimum Gasteiger partial charge on any atom is -0.480 e. The summed E-state index contributed by atoms with van der Waals surface area (Å²) >= 11 is 0. The van der Waals surface area contributed by atoms with Crippen LogP contribution in [0, 0.1) is 11.8 Å². The van der Waals surface area contributed by atoms with Crippen molar-refractivity contribution < 1.29 is 14.7 Å². The van der Waals surface area contributed by atoms with E-state index in [2.05, 4.69) is 5.32 Å². The first kappa shape index (κ1) is 13.0. The second-order valence-electron chi connectivity index (χ2n) is 4.40. The average molecular weight is 228 g/mol. The number of nitrogens with one attached hydrogen (secondary N) is 1. The molecule has 0 aromatic carbocycles. The number of nitrogens with zero attached hydrogens (tertiary/aromatic N) is 1. The molecule has 0 aromatic heterocycles. The van der Waals surface area contributed by atoms with Crippen LogP contribution in [0.15, 0.2) is 0 Å². The van der Waals surface area contributed by atoms with Gasteiger partial charge in [-0.15, -0.1) is 0 Å². The van der Waals surface area contributed by atoms with E-state index in [1.165, 1.54) is 4.90 Å². The van der Waals surface area contributed by atoms with Crippen LogP contribution in [0.4, 0.5) is 0 Å². The van der Waals surface area contributed by atoms with Gasteiger partial charge in [-0.25, -0.2) is 0 Å². The largest absolute Gasteiger partial charge is 0.480 e. The first-order valence-corrected chi connectivity index (χ1v) is 5.77. The summed E-state index contributed by atoms with van der Waals surface area (Å²) < 4.78 is 0. The molecule has 0 aliphatic carbocycles. The molecule has 2 atom stereocenters. The zero-order valence-electron chi connectivity index (χ0n) is 9.90. The maximum atomic E-state index is 12.1. The Balaban J connectivity index is 2.62. The molecule has 1 heterocycles. The van der Waals surface area contributed by atoms with Crippen LogP contribution in [0.5, 0.6) is 0 Å². The fourth-order valence-electron chi connectivity index (χ4n) is 2.08. The van der Waals surface area contributed by atoms with Crippen molar-refractivity contribution in [1.29, 1.82) is 0 Å². The highest BCUT2D eigenvalue weighted by atomic mass is 16.4. The molecular weight excluding hydrogens is 208 g/mol. The van der Waals surface area contributed by atoms with Crippen molar-refractivity contribution in [2.75, 3.05) is 26.2 Å². The average Bonchev–Trinajstić information content (AvgIpc) is 2.62. The van der Waals surface area contributed by atoms with E-state index in [1.807, 2.05) is 13.8 Å². The molecule has 1 amide bonds. The molecule has 1 fully saturated rings. The second kappa shape index (κ2) is 5.84. The SMILES string of the molecule is CCCN(CC(=O)O)C(=O)[C@@H]1CNC[C@H]1C. The molecular formula is C11H20N2O3. The fraction of sp³-hybridized carbons (Fsp3) is 0.818. The number of hydrogen-bond acceptors (Lipinski definition) is 3. The van der Waals surface area contributed by atoms with Gasteiger partial charge in [0.15, 0.2) is 0 Å². The Labute approximate surface area is 95.8 Å². The van der Waals surface area contributed by atoms with Crippen molar-refractivity contribution >= 4 is 11.9 Å². The Bertz CT molecular complexity index is 268. The van der Waals surface area contributed by atoms with Crippen molar-refractivity contribution in [3.63, 3.8) is 0 Å². The molecule has 0 unspecified atom stereocenters. The molecule has 1 aliphatic rings. The van der Waals surface area contributed by atoms with Gasteiger partial charge in [0.1, 0.15) is 6.54 Å². The van der Waals surface area contributed by atoms with Gasteiger partial charge in [0.05, 0.1) is 5.92 Å². The molecule has 0 radical (unpaired) electrons. The normalized spacial score (nSPS) is 24.4. The number of carbonyl (C=O) groups excluding carboxylic acids is 1. The number of carboxylic acids is 1. The fourth-order valence-corrected chi connectivity index (χ4v) is 2.08. The van der Waals surface area contributed by atoms with Gasteiger partial charge in [0.2, 0.25) is 5.91 Å². The topological polar surface area (TPSA) is 69.6 Å². The third-order valence-electron chi connectivity index (χ3n) is 2.97. The van der Waals surface area contributed by atoms with E-state index in [0.29, 0.717) is 19.0 Å². The summed E-state index contributed by atoms with van der Waals surface area (Å²) in [4.78, 5) is 24.2. The van der Waals surface area contributed by atoms with Crippen LogP contribution < -0.4 is 5.32 Å². The van der Waals surface area contributed by atoms with Gasteiger partial charge < -0.3 is 15.3 Å². The van der Waals surface area contributed by atoms with Crippen LogP contribution in [0.1, 0.15) is 20.3 Å². The molecule has 0 saturated carbocycles. The predicted molar refractivity (Wildman–Crippen MR) is 60.0 cm³/mol. The first-order chi connectivity index (χ1) is 7.56. The maximum Gasteiger partial charge on any atom is 0.323 e. The number of carbonyl (C=O) groups is 2. The highest BCUT2D eigenvalue weighted by Crippen LogP contribution is 2.18. The summed E-state index contributed by atoms with van der Waals surface area (Å²) in [6, 6.07) is 0. The summed E-state index contributed by atoms with van der Waals surface area (Å²) in [5.74, 6) is -0.742. The Hall–Kier alpha value is -1.10. The van der Waals surface area contributed by atoms with Gasteiger partial charge in [-0.2, -0.15) is 0 Å². The molecule has 5 heteroatoms. The lowest BCUT2D eigenvalue weighted by Gasteiger charge is -2.25. The molecule has 16 heavy (non-hydrogen) atoms. The molecule has 1 aliphatic heterocycles. The summed E-state index contributed by atoms with van der Waals surface area (Å²) in [6.07, 6.45) is 0.785. The number of rotatable bonds is 5. The number of hydrogen-bond donors (Lipinski definition) is 2. The van der Waals surface area contributed by atoms with Crippen LogP contribution in [0.25, 0.3) is 0 Å². The molecule has 1 saturated heterocycles. The van der Waals surface area contributed by atoms with E-state index in [9.17, 15) is 9.59 Å². The molecule has 5 nitrogen and oxygen atoms in total. The van der Waals surface area contributed by atoms with Gasteiger partial charge >= 0.3 is 5.97 Å². The van der Waals surface area contributed by atoms with Crippen molar-refractivity contribution in [2.45, 2.75) is 20.3 Å². The van der Waals surface area contributed by atoms with Gasteiger partial charge in [0.25, 0.3) is 0 Å². The molecule has 2 N–H and O–H groups in total. The molecule has 0 spiro atoms. The standard InChI is InChI=1S/C11H20N2O3/c1-3-4-13(7-10(14)15)11(16)9-6-12-5-8(9)2/h8-9,12H,3-7H2,1-2H3,(H,14,15)/t8-,9-/m1/s1. The first-order valence-electron chi connectivity index (χ1n) is 5.77. The van der Waals surface area contributed by atoms with E-state index in [-0.39, 0.29) is 18.4 Å². The molecule has 1 rings (SSSR count). The van der Waals surface area contributed by atoms with Crippen LogP contribution in [-0.2, 0) is 9.59 Å². The smallest absolute Gasteiger partial charge is 0.323 e. The highest BCUT2D eigenvalue weighted by Gasteiger charge is 2.33. The Kier molecular flexibility index (Phi) is 4.73. The molecule has 0 aromatic rings. The minimum atomic E-state index is -0.944. The van der Waals surface area contributed by atoms with E-state index in [4.69, 9.17) is 5.11 Å². The van der Waals surface area contributed by atoms with Crippen molar-refractivity contribution in [1.82, 2.24) is 10.2 Å². The quantitative estimate of drug-likeness (QED) is 0.703. The molecule has 92 valence electrons. The van der Waals surface area contributed by atoms with Gasteiger partial charge in [-0.1, -0.05) is 13.8 Å².